The van der Waals surface area contributed by atoms with Crippen LogP contribution in [0.5, 0.6) is 0 Å². The van der Waals surface area contributed by atoms with E-state index >= 15 is 0 Å². The monoisotopic (exact) mass is 208 g/mol. The van der Waals surface area contributed by atoms with Gasteiger partial charge < -0.3 is 4.57 Å². The van der Waals surface area contributed by atoms with Crippen LogP contribution in [0.1, 0.15) is 6.92 Å². The molecule has 0 spiro atoms. The van der Waals surface area contributed by atoms with Crippen LogP contribution in [0.3, 0.4) is 0 Å². The molecule has 0 N–H and O–H groups in total. The van der Waals surface area contributed by atoms with Crippen molar-refractivity contribution in [3.05, 3.63) is 10.6 Å². The summed E-state index contributed by atoms with van der Waals surface area (Å²) < 4.78 is 12.6. The third-order valence-corrected chi connectivity index (χ3v) is 5.62. The molecule has 0 fully saturated rings. The molecule has 1 atom stereocenters. The van der Waals surface area contributed by atoms with Gasteiger partial charge >= 0.3 is 0 Å². The number of hydrogen-bond donors (Lipinski definition) is 0. The largest absolute Gasteiger partial charge is 0.323 e. The summed E-state index contributed by atoms with van der Waals surface area (Å²) in [7, 11) is -1.75. The van der Waals surface area contributed by atoms with Crippen molar-refractivity contribution in [3.63, 3.8) is 0 Å². The van der Waals surface area contributed by atoms with Crippen LogP contribution in [-0.4, -0.2) is 18.5 Å². The van der Waals surface area contributed by atoms with E-state index in [0.29, 0.717) is 0 Å². The molecule has 52 valence electrons. The fraction of sp³-hybridized carbons (Fsp3) is 0.667. The van der Waals surface area contributed by atoms with Crippen LogP contribution in [0.15, 0.2) is 10.6 Å². The summed E-state index contributed by atoms with van der Waals surface area (Å²) in [5.41, 5.74) is 0. The molecule has 0 saturated carbocycles. The Morgan fingerprint density at radius 1 is 1.89 bits per heavy atom. The molecule has 0 aliphatic carbocycles. The maximum Gasteiger partial charge on any atom is 0.0957 e. The summed E-state index contributed by atoms with van der Waals surface area (Å²) >= 11 is 3.34. The van der Waals surface area contributed by atoms with Gasteiger partial charge in [-0.3, -0.25) is 0 Å². The van der Waals surface area contributed by atoms with E-state index in [9.17, 15) is 4.57 Å². The Balaban J connectivity index is 2.64. The molecule has 0 saturated heterocycles. The topological polar surface area (TPSA) is 17.1 Å². The first-order valence-electron chi connectivity index (χ1n) is 3.08. The molecule has 1 rings (SSSR count). The van der Waals surface area contributed by atoms with Crippen LogP contribution in [-0.2, 0) is 4.57 Å². The van der Waals surface area contributed by atoms with Gasteiger partial charge in [0.2, 0.25) is 0 Å². The summed E-state index contributed by atoms with van der Waals surface area (Å²) in [4.78, 5) is 0. The zero-order chi connectivity index (χ0) is 6.91. The highest BCUT2D eigenvalue weighted by atomic mass is 79.9. The third kappa shape index (κ3) is 1.68. The van der Waals surface area contributed by atoms with E-state index in [-0.39, 0.29) is 0 Å². The maximum absolute atomic E-state index is 11.5. The van der Waals surface area contributed by atoms with E-state index in [4.69, 9.17) is 0 Å². The zero-order valence-electron chi connectivity index (χ0n) is 5.43. The van der Waals surface area contributed by atoms with Crippen molar-refractivity contribution < 1.29 is 4.57 Å². The van der Waals surface area contributed by atoms with Crippen molar-refractivity contribution >= 4 is 23.1 Å². The Kier molecular flexibility index (Phi) is 2.18. The lowest BCUT2D eigenvalue weighted by Crippen LogP contribution is -1.87. The Morgan fingerprint density at radius 2 is 2.56 bits per heavy atom. The molecular weight excluding hydrogens is 199 g/mol. The van der Waals surface area contributed by atoms with Crippen molar-refractivity contribution in [1.82, 2.24) is 0 Å². The van der Waals surface area contributed by atoms with Gasteiger partial charge in [0.1, 0.15) is 0 Å². The summed E-state index contributed by atoms with van der Waals surface area (Å²) in [6.45, 7) is 2.00. The van der Waals surface area contributed by atoms with E-state index in [2.05, 4.69) is 15.9 Å². The van der Waals surface area contributed by atoms with Crippen molar-refractivity contribution in [3.8, 4) is 0 Å². The predicted molar refractivity (Wildman–Crippen MR) is 44.9 cm³/mol. The van der Waals surface area contributed by atoms with Gasteiger partial charge in [-0.25, -0.2) is 0 Å². The molecule has 0 aromatic carbocycles. The maximum atomic E-state index is 11.5. The van der Waals surface area contributed by atoms with Crippen molar-refractivity contribution in [2.45, 2.75) is 6.92 Å². The van der Waals surface area contributed by atoms with Crippen LogP contribution >= 0.6 is 23.1 Å². The van der Waals surface area contributed by atoms with Crippen LogP contribution in [0.4, 0.5) is 0 Å². The molecule has 0 radical (unpaired) electrons. The lowest BCUT2D eigenvalue weighted by molar-refractivity contribution is 0.580. The highest BCUT2D eigenvalue weighted by Crippen LogP contribution is 2.52. The molecule has 1 aliphatic heterocycles. The minimum atomic E-state index is -1.75. The van der Waals surface area contributed by atoms with E-state index in [0.717, 1.165) is 23.0 Å². The first-order chi connectivity index (χ1) is 4.16. The van der Waals surface area contributed by atoms with Gasteiger partial charge in [-0.15, -0.1) is 0 Å². The van der Waals surface area contributed by atoms with Gasteiger partial charge in [0.15, 0.2) is 0 Å². The third-order valence-electron chi connectivity index (χ3n) is 1.66. The summed E-state index contributed by atoms with van der Waals surface area (Å²) in [5, 5.41) is 0. The molecule has 1 heterocycles. The minimum Gasteiger partial charge on any atom is -0.323 e. The summed E-state index contributed by atoms with van der Waals surface area (Å²) in [5.74, 6) is 0. The molecule has 0 bridgehead atoms. The Morgan fingerprint density at radius 3 is 2.78 bits per heavy atom. The summed E-state index contributed by atoms with van der Waals surface area (Å²) in [6.07, 6.45) is 4.48. The van der Waals surface area contributed by atoms with E-state index in [1.165, 1.54) is 0 Å². The fourth-order valence-electron chi connectivity index (χ4n) is 0.911. The normalized spacial score (nSPS) is 34.7. The predicted octanol–water partition coefficient (Wildman–Crippen LogP) is 2.66. The summed E-state index contributed by atoms with van der Waals surface area (Å²) in [6, 6.07) is 0. The Bertz CT molecular complexity index is 185. The van der Waals surface area contributed by atoms with E-state index < -0.39 is 7.14 Å². The second kappa shape index (κ2) is 2.59. The minimum absolute atomic E-state index is 0.795. The molecule has 0 amide bonds. The first kappa shape index (κ1) is 7.56. The first-order valence-corrected chi connectivity index (χ1v) is 6.13. The average Bonchev–Trinajstić information content (AvgIpc) is 2.13. The highest BCUT2D eigenvalue weighted by Gasteiger charge is 2.24. The van der Waals surface area contributed by atoms with Gasteiger partial charge in [-0.2, -0.15) is 0 Å². The van der Waals surface area contributed by atoms with Crippen molar-refractivity contribution in [1.29, 1.82) is 0 Å². The van der Waals surface area contributed by atoms with E-state index in [1.54, 1.807) is 0 Å². The number of rotatable bonds is 1. The molecule has 3 heteroatoms. The smallest absolute Gasteiger partial charge is 0.0957 e. The molecule has 0 aromatic heterocycles. The van der Waals surface area contributed by atoms with Gasteiger partial charge in [0.25, 0.3) is 0 Å². The lowest BCUT2D eigenvalue weighted by Gasteiger charge is -2.05. The zero-order valence-corrected chi connectivity index (χ0v) is 7.91. The van der Waals surface area contributed by atoms with E-state index in [1.807, 2.05) is 13.0 Å². The SMILES string of the molecule is CCP1(=O)CC=C(Br)C1. The molecular formula is C6H10BrOP. The quantitative estimate of drug-likeness (QED) is 0.606. The lowest BCUT2D eigenvalue weighted by atomic mass is 10.6. The van der Waals surface area contributed by atoms with Crippen molar-refractivity contribution in [2.75, 3.05) is 18.5 Å². The molecule has 1 aliphatic rings. The number of hydrogen-bond acceptors (Lipinski definition) is 1. The Labute approximate surface area is 64.0 Å². The van der Waals surface area contributed by atoms with Crippen molar-refractivity contribution in [2.24, 2.45) is 0 Å². The molecule has 1 nitrogen and oxygen atoms in total. The standard InChI is InChI=1S/C6H10BrOP/c1-2-9(8)4-3-6(7)5-9/h3H,2,4-5H2,1H3. The van der Waals surface area contributed by atoms with Crippen LogP contribution < -0.4 is 0 Å². The highest BCUT2D eigenvalue weighted by molar-refractivity contribution is 9.11. The van der Waals surface area contributed by atoms with Gasteiger partial charge in [0.05, 0.1) is 7.14 Å². The molecule has 1 unspecified atom stereocenters. The number of halogens is 1. The van der Waals surface area contributed by atoms with Crippen LogP contribution in [0, 0.1) is 0 Å². The van der Waals surface area contributed by atoms with Crippen LogP contribution in [0.25, 0.3) is 0 Å². The second-order valence-electron chi connectivity index (χ2n) is 2.37. The fourth-order valence-corrected chi connectivity index (χ4v) is 4.54. The molecule has 0 aromatic rings. The Hall–Kier alpha value is 0.450. The average molecular weight is 209 g/mol. The number of allylic oxidation sites excluding steroid dienone is 2. The van der Waals surface area contributed by atoms with Crippen LogP contribution in [0.2, 0.25) is 0 Å². The van der Waals surface area contributed by atoms with Gasteiger partial charge in [-0.1, -0.05) is 28.9 Å². The second-order valence-corrected chi connectivity index (χ2v) is 6.81. The van der Waals surface area contributed by atoms with Gasteiger partial charge in [0, 0.05) is 12.3 Å². The van der Waals surface area contributed by atoms with Gasteiger partial charge in [-0.05, 0) is 10.6 Å². The molecule has 9 heavy (non-hydrogen) atoms.